The molecule has 2 heterocycles. The summed E-state index contributed by atoms with van der Waals surface area (Å²) in [6.07, 6.45) is 1.48. The van der Waals surface area contributed by atoms with Crippen molar-refractivity contribution in [3.63, 3.8) is 0 Å². The zero-order valence-corrected chi connectivity index (χ0v) is 12.2. The Labute approximate surface area is 126 Å². The molecule has 21 heavy (non-hydrogen) atoms. The Balaban J connectivity index is 1.73. The van der Waals surface area contributed by atoms with Crippen LogP contribution in [0.1, 0.15) is 28.3 Å². The van der Waals surface area contributed by atoms with Crippen molar-refractivity contribution in [2.75, 3.05) is 0 Å². The number of carbonyl (C=O) groups excluding carboxylic acids is 1. The highest BCUT2D eigenvalue weighted by Crippen LogP contribution is 2.18. The Hall–Kier alpha value is -2.47. The number of hydrogen-bond acceptors (Lipinski definition) is 4. The molecule has 1 N–H and O–H groups in total. The highest BCUT2D eigenvalue weighted by molar-refractivity contribution is 7.10. The van der Waals surface area contributed by atoms with Crippen molar-refractivity contribution in [1.82, 2.24) is 20.3 Å². The second kappa shape index (κ2) is 5.88. The fourth-order valence-electron chi connectivity index (χ4n) is 1.93. The minimum Gasteiger partial charge on any atom is -0.343 e. The van der Waals surface area contributed by atoms with Crippen molar-refractivity contribution in [1.29, 1.82) is 0 Å². The number of amides is 1. The summed E-state index contributed by atoms with van der Waals surface area (Å²) in [6.45, 7) is 1.95. The summed E-state index contributed by atoms with van der Waals surface area (Å²) >= 11 is 1.61. The molecule has 2 aromatic heterocycles. The van der Waals surface area contributed by atoms with Gasteiger partial charge in [0.2, 0.25) is 0 Å². The van der Waals surface area contributed by atoms with Gasteiger partial charge in [0.25, 0.3) is 5.91 Å². The maximum Gasteiger partial charge on any atom is 0.273 e. The normalized spacial score (nSPS) is 12.0. The van der Waals surface area contributed by atoms with Gasteiger partial charge in [0.15, 0.2) is 5.69 Å². The van der Waals surface area contributed by atoms with Crippen LogP contribution in [0.2, 0.25) is 0 Å². The van der Waals surface area contributed by atoms with Crippen molar-refractivity contribution >= 4 is 17.2 Å². The van der Waals surface area contributed by atoms with Crippen LogP contribution in [0.3, 0.4) is 0 Å². The molecule has 1 aromatic carbocycles. The Morgan fingerprint density at radius 2 is 2.05 bits per heavy atom. The quantitative estimate of drug-likeness (QED) is 0.805. The van der Waals surface area contributed by atoms with E-state index in [1.54, 1.807) is 11.3 Å². The van der Waals surface area contributed by atoms with Crippen molar-refractivity contribution in [3.05, 3.63) is 64.6 Å². The summed E-state index contributed by atoms with van der Waals surface area (Å²) in [5.41, 5.74) is 1.13. The molecule has 106 valence electrons. The Kier molecular flexibility index (Phi) is 3.79. The first-order valence-corrected chi connectivity index (χ1v) is 7.44. The molecule has 0 aliphatic rings. The van der Waals surface area contributed by atoms with Crippen LogP contribution in [-0.2, 0) is 0 Å². The minimum absolute atomic E-state index is 0.0422. The van der Waals surface area contributed by atoms with Crippen LogP contribution in [-0.4, -0.2) is 20.9 Å². The maximum atomic E-state index is 12.2. The summed E-state index contributed by atoms with van der Waals surface area (Å²) in [6, 6.07) is 13.4. The smallest absolute Gasteiger partial charge is 0.273 e. The molecule has 1 amide bonds. The lowest BCUT2D eigenvalue weighted by Gasteiger charge is -2.10. The first-order valence-electron chi connectivity index (χ1n) is 6.56. The Morgan fingerprint density at radius 3 is 2.76 bits per heavy atom. The van der Waals surface area contributed by atoms with Gasteiger partial charge in [-0.2, -0.15) is 9.90 Å². The number of rotatable bonds is 4. The topological polar surface area (TPSA) is 59.8 Å². The van der Waals surface area contributed by atoms with Gasteiger partial charge >= 0.3 is 0 Å². The standard InChI is InChI=1S/C15H14N4OS/c1-11(14-8-5-9-21-14)17-15(20)13-10-16-19(18-13)12-6-3-2-4-7-12/h2-11H,1H3,(H,17,20). The molecular formula is C15H14N4OS. The van der Waals surface area contributed by atoms with E-state index < -0.39 is 0 Å². The highest BCUT2D eigenvalue weighted by atomic mass is 32.1. The minimum atomic E-state index is -0.224. The molecule has 0 saturated heterocycles. The third kappa shape index (κ3) is 3.00. The number of aromatic nitrogens is 3. The predicted octanol–water partition coefficient (Wildman–Crippen LogP) is 2.82. The Bertz CT molecular complexity index is 721. The summed E-state index contributed by atoms with van der Waals surface area (Å²) in [5, 5.41) is 13.2. The van der Waals surface area contributed by atoms with Gasteiger partial charge in [-0.1, -0.05) is 24.3 Å². The molecule has 1 unspecified atom stereocenters. The summed E-state index contributed by atoms with van der Waals surface area (Å²) < 4.78 is 0. The zero-order chi connectivity index (χ0) is 14.7. The van der Waals surface area contributed by atoms with Crippen LogP contribution >= 0.6 is 11.3 Å². The van der Waals surface area contributed by atoms with E-state index in [1.165, 1.54) is 11.0 Å². The summed E-state index contributed by atoms with van der Waals surface area (Å²) in [5.74, 6) is -0.224. The monoisotopic (exact) mass is 298 g/mol. The fraction of sp³-hybridized carbons (Fsp3) is 0.133. The van der Waals surface area contributed by atoms with Crippen molar-refractivity contribution in [3.8, 4) is 5.69 Å². The molecule has 0 aliphatic heterocycles. The van der Waals surface area contributed by atoms with Crippen LogP contribution in [0.5, 0.6) is 0 Å². The van der Waals surface area contributed by atoms with Crippen molar-refractivity contribution < 1.29 is 4.79 Å². The van der Waals surface area contributed by atoms with Crippen LogP contribution in [0.4, 0.5) is 0 Å². The van der Waals surface area contributed by atoms with Crippen LogP contribution < -0.4 is 5.32 Å². The van der Waals surface area contributed by atoms with E-state index in [0.717, 1.165) is 10.6 Å². The lowest BCUT2D eigenvalue weighted by Crippen LogP contribution is -2.26. The fourth-order valence-corrected chi connectivity index (χ4v) is 2.67. The van der Waals surface area contributed by atoms with E-state index in [1.807, 2.05) is 54.8 Å². The summed E-state index contributed by atoms with van der Waals surface area (Å²) in [7, 11) is 0. The molecule has 1 atom stereocenters. The SMILES string of the molecule is CC(NC(=O)c1cnn(-c2ccccc2)n1)c1cccs1. The van der Waals surface area contributed by atoms with Gasteiger partial charge in [-0.05, 0) is 30.5 Å². The van der Waals surface area contributed by atoms with E-state index in [-0.39, 0.29) is 11.9 Å². The molecule has 0 spiro atoms. The molecule has 0 bridgehead atoms. The first kappa shape index (κ1) is 13.5. The highest BCUT2D eigenvalue weighted by Gasteiger charge is 2.15. The van der Waals surface area contributed by atoms with E-state index in [9.17, 15) is 4.79 Å². The Morgan fingerprint density at radius 1 is 1.24 bits per heavy atom. The number of carbonyl (C=O) groups is 1. The van der Waals surface area contributed by atoms with Crippen molar-refractivity contribution in [2.45, 2.75) is 13.0 Å². The van der Waals surface area contributed by atoms with Gasteiger partial charge in [0.05, 0.1) is 17.9 Å². The third-order valence-electron chi connectivity index (χ3n) is 3.03. The number of para-hydroxylation sites is 1. The molecule has 0 aliphatic carbocycles. The van der Waals surface area contributed by atoms with E-state index >= 15 is 0 Å². The van der Waals surface area contributed by atoms with E-state index in [2.05, 4.69) is 15.5 Å². The molecule has 0 radical (unpaired) electrons. The van der Waals surface area contributed by atoms with Crippen LogP contribution in [0.25, 0.3) is 5.69 Å². The largest absolute Gasteiger partial charge is 0.343 e. The van der Waals surface area contributed by atoms with E-state index in [4.69, 9.17) is 0 Å². The molecule has 0 saturated carbocycles. The lowest BCUT2D eigenvalue weighted by molar-refractivity contribution is 0.0935. The second-order valence-electron chi connectivity index (χ2n) is 4.57. The number of hydrogen-bond donors (Lipinski definition) is 1. The van der Waals surface area contributed by atoms with Gasteiger partial charge in [0.1, 0.15) is 0 Å². The molecule has 3 aromatic rings. The molecular weight excluding hydrogens is 284 g/mol. The molecule has 0 fully saturated rings. The zero-order valence-electron chi connectivity index (χ0n) is 11.4. The lowest BCUT2D eigenvalue weighted by atomic mass is 10.2. The molecule has 5 nitrogen and oxygen atoms in total. The van der Waals surface area contributed by atoms with Crippen molar-refractivity contribution in [2.24, 2.45) is 0 Å². The maximum absolute atomic E-state index is 12.2. The second-order valence-corrected chi connectivity index (χ2v) is 5.54. The van der Waals surface area contributed by atoms with Gasteiger partial charge in [-0.3, -0.25) is 4.79 Å². The number of nitrogens with one attached hydrogen (secondary N) is 1. The summed E-state index contributed by atoms with van der Waals surface area (Å²) in [4.78, 5) is 14.7. The van der Waals surface area contributed by atoms with Gasteiger partial charge in [0, 0.05) is 4.88 Å². The van der Waals surface area contributed by atoms with Crippen LogP contribution in [0.15, 0.2) is 54.0 Å². The van der Waals surface area contributed by atoms with E-state index in [0.29, 0.717) is 5.69 Å². The number of nitrogens with zero attached hydrogens (tertiary/aromatic N) is 3. The van der Waals surface area contributed by atoms with Gasteiger partial charge in [-0.15, -0.1) is 16.4 Å². The first-order chi connectivity index (χ1) is 10.2. The number of thiophene rings is 1. The van der Waals surface area contributed by atoms with Crippen LogP contribution in [0, 0.1) is 0 Å². The third-order valence-corrected chi connectivity index (χ3v) is 4.08. The molecule has 6 heteroatoms. The predicted molar refractivity (Wildman–Crippen MR) is 81.6 cm³/mol. The van der Waals surface area contributed by atoms with Gasteiger partial charge < -0.3 is 5.32 Å². The average Bonchev–Trinajstić information content (AvgIpc) is 3.20. The number of benzene rings is 1. The average molecular weight is 298 g/mol. The molecule has 3 rings (SSSR count). The van der Waals surface area contributed by atoms with Gasteiger partial charge in [-0.25, -0.2) is 0 Å².